The zero-order valence-corrected chi connectivity index (χ0v) is 16.7. The number of hydrogen-bond acceptors (Lipinski definition) is 7. The van der Waals surface area contributed by atoms with Gasteiger partial charge in [0.1, 0.15) is 11.5 Å². The number of methoxy groups -OCH3 is 2. The van der Waals surface area contributed by atoms with E-state index in [4.69, 9.17) is 9.47 Å². The van der Waals surface area contributed by atoms with E-state index in [1.165, 1.54) is 32.4 Å². The summed E-state index contributed by atoms with van der Waals surface area (Å²) < 4.78 is 10.5. The molecule has 0 spiro atoms. The quantitative estimate of drug-likeness (QED) is 0.366. The van der Waals surface area contributed by atoms with Crippen molar-refractivity contribution in [2.24, 2.45) is 0 Å². The van der Waals surface area contributed by atoms with Crippen molar-refractivity contribution in [1.29, 1.82) is 0 Å². The van der Waals surface area contributed by atoms with Crippen molar-refractivity contribution >= 4 is 22.9 Å². The van der Waals surface area contributed by atoms with Crippen LogP contribution in [0.3, 0.4) is 0 Å². The molecule has 0 radical (unpaired) electrons. The van der Waals surface area contributed by atoms with Gasteiger partial charge in [-0.3, -0.25) is 19.7 Å². The van der Waals surface area contributed by atoms with Gasteiger partial charge in [0.25, 0.3) is 5.69 Å². The van der Waals surface area contributed by atoms with Gasteiger partial charge >= 0.3 is 0 Å². The number of Topliss-reactive ketones (excluding diaryl/α,β-unsaturated/α-hetero) is 2. The molecule has 8 heteroatoms. The molecule has 0 atom stereocenters. The molecule has 0 saturated carbocycles. The van der Waals surface area contributed by atoms with Gasteiger partial charge in [-0.15, -0.1) is 0 Å². The summed E-state index contributed by atoms with van der Waals surface area (Å²) in [5.74, 6) is -0.127. The van der Waals surface area contributed by atoms with E-state index in [0.29, 0.717) is 22.4 Å². The summed E-state index contributed by atoms with van der Waals surface area (Å²) >= 11 is 0. The number of ketones is 2. The fraction of sp³-hybridized carbons (Fsp3) is 0.130. The number of carbonyl (C=O) groups excluding carboxylic acids is 2. The Kier molecular flexibility index (Phi) is 4.90. The van der Waals surface area contributed by atoms with Gasteiger partial charge in [-0.05, 0) is 23.8 Å². The summed E-state index contributed by atoms with van der Waals surface area (Å²) in [7, 11) is 2.88. The highest BCUT2D eigenvalue weighted by atomic mass is 16.6. The standard InChI is InChI=1S/C23H18N2O6/c1-30-16-10-7-14(8-11-16)23(21(26)17-5-3-4-6-18(17)22(23)27)24-19-12-9-15(25(28)29)13-20(19)31-2/h3-13,24H,1-2H3. The number of fused-ring (bicyclic) bond motifs is 1. The highest BCUT2D eigenvalue weighted by Gasteiger charge is 2.54. The molecule has 0 amide bonds. The predicted octanol–water partition coefficient (Wildman–Crippen LogP) is 4.00. The van der Waals surface area contributed by atoms with E-state index in [2.05, 4.69) is 5.32 Å². The van der Waals surface area contributed by atoms with E-state index in [1.54, 1.807) is 48.5 Å². The highest BCUT2D eigenvalue weighted by Crippen LogP contribution is 2.43. The monoisotopic (exact) mass is 418 g/mol. The van der Waals surface area contributed by atoms with E-state index in [1.807, 2.05) is 0 Å². The van der Waals surface area contributed by atoms with Crippen LogP contribution in [-0.4, -0.2) is 30.7 Å². The maximum absolute atomic E-state index is 13.6. The summed E-state index contributed by atoms with van der Waals surface area (Å²) in [6, 6.07) is 17.2. The fourth-order valence-corrected chi connectivity index (χ4v) is 3.77. The van der Waals surface area contributed by atoms with Crippen molar-refractivity contribution < 1.29 is 24.0 Å². The van der Waals surface area contributed by atoms with Gasteiger partial charge in [0.05, 0.1) is 30.9 Å². The summed E-state index contributed by atoms with van der Waals surface area (Å²) in [6.45, 7) is 0. The van der Waals surface area contributed by atoms with Crippen LogP contribution in [0.25, 0.3) is 0 Å². The summed E-state index contributed by atoms with van der Waals surface area (Å²) in [5, 5.41) is 14.2. The van der Waals surface area contributed by atoms with Crippen LogP contribution in [0.1, 0.15) is 26.3 Å². The summed E-state index contributed by atoms with van der Waals surface area (Å²) in [6.07, 6.45) is 0. The number of non-ortho nitro benzene ring substituents is 1. The van der Waals surface area contributed by atoms with Gasteiger partial charge < -0.3 is 14.8 Å². The van der Waals surface area contributed by atoms with Crippen molar-refractivity contribution in [2.45, 2.75) is 5.54 Å². The third-order valence-electron chi connectivity index (χ3n) is 5.34. The number of carbonyl (C=O) groups is 2. The lowest BCUT2D eigenvalue weighted by Crippen LogP contribution is -2.46. The molecule has 1 aliphatic carbocycles. The second kappa shape index (κ2) is 7.56. The van der Waals surface area contributed by atoms with E-state index in [0.717, 1.165) is 0 Å². The summed E-state index contributed by atoms with van der Waals surface area (Å²) in [4.78, 5) is 37.8. The van der Waals surface area contributed by atoms with Crippen molar-refractivity contribution in [3.63, 3.8) is 0 Å². The van der Waals surface area contributed by atoms with E-state index in [9.17, 15) is 19.7 Å². The molecule has 0 aliphatic heterocycles. The minimum atomic E-state index is -1.75. The van der Waals surface area contributed by atoms with Crippen LogP contribution in [0.5, 0.6) is 11.5 Å². The van der Waals surface area contributed by atoms with Gasteiger partial charge in [-0.1, -0.05) is 36.4 Å². The average Bonchev–Trinajstić information content (AvgIpc) is 3.02. The third-order valence-corrected chi connectivity index (χ3v) is 5.34. The number of hydrogen-bond donors (Lipinski definition) is 1. The molecule has 1 aliphatic rings. The molecule has 4 rings (SSSR count). The lowest BCUT2D eigenvalue weighted by Gasteiger charge is -2.29. The zero-order chi connectivity index (χ0) is 22.2. The molecule has 0 fully saturated rings. The zero-order valence-electron chi connectivity index (χ0n) is 16.7. The van der Waals surface area contributed by atoms with Crippen LogP contribution in [0.2, 0.25) is 0 Å². The maximum atomic E-state index is 13.6. The molecule has 3 aromatic rings. The van der Waals surface area contributed by atoms with Crippen LogP contribution in [0, 0.1) is 10.1 Å². The van der Waals surface area contributed by atoms with Crippen LogP contribution < -0.4 is 14.8 Å². The van der Waals surface area contributed by atoms with E-state index in [-0.39, 0.29) is 17.1 Å². The molecular formula is C23H18N2O6. The number of ether oxygens (including phenoxy) is 2. The largest absolute Gasteiger partial charge is 0.497 e. The molecular weight excluding hydrogens is 400 g/mol. The minimum Gasteiger partial charge on any atom is -0.497 e. The number of rotatable bonds is 6. The second-order valence-corrected chi connectivity index (χ2v) is 6.95. The molecule has 0 unspecified atom stereocenters. The van der Waals surface area contributed by atoms with E-state index >= 15 is 0 Å². The van der Waals surface area contributed by atoms with Crippen LogP contribution in [0.15, 0.2) is 66.7 Å². The SMILES string of the molecule is COc1ccc(C2(Nc3ccc([N+](=O)[O-])cc3OC)C(=O)c3ccccc3C2=O)cc1. The molecule has 156 valence electrons. The average molecular weight is 418 g/mol. The van der Waals surface area contributed by atoms with E-state index < -0.39 is 22.0 Å². The van der Waals surface area contributed by atoms with Crippen LogP contribution >= 0.6 is 0 Å². The number of nitro benzene ring substituents is 1. The van der Waals surface area contributed by atoms with Crippen molar-refractivity contribution in [3.05, 3.63) is 93.5 Å². The normalized spacial score (nSPS) is 14.1. The molecule has 3 aromatic carbocycles. The van der Waals surface area contributed by atoms with Crippen molar-refractivity contribution in [1.82, 2.24) is 0 Å². The van der Waals surface area contributed by atoms with Gasteiger partial charge in [0.15, 0.2) is 5.54 Å². The fourth-order valence-electron chi connectivity index (χ4n) is 3.77. The molecule has 31 heavy (non-hydrogen) atoms. The lowest BCUT2D eigenvalue weighted by atomic mass is 9.84. The topological polar surface area (TPSA) is 108 Å². The van der Waals surface area contributed by atoms with Crippen molar-refractivity contribution in [2.75, 3.05) is 19.5 Å². The lowest BCUT2D eigenvalue weighted by molar-refractivity contribution is -0.384. The number of benzene rings is 3. The van der Waals surface area contributed by atoms with Gasteiger partial charge in [0, 0.05) is 17.2 Å². The second-order valence-electron chi connectivity index (χ2n) is 6.95. The predicted molar refractivity (Wildman–Crippen MR) is 113 cm³/mol. The smallest absolute Gasteiger partial charge is 0.273 e. The molecule has 0 heterocycles. The highest BCUT2D eigenvalue weighted by molar-refractivity contribution is 6.34. The van der Waals surface area contributed by atoms with Crippen LogP contribution in [-0.2, 0) is 5.54 Å². The van der Waals surface area contributed by atoms with Gasteiger partial charge in [0.2, 0.25) is 11.6 Å². The third kappa shape index (κ3) is 3.09. The molecule has 0 saturated heterocycles. The number of nitro groups is 1. The van der Waals surface area contributed by atoms with Gasteiger partial charge in [-0.2, -0.15) is 0 Å². The maximum Gasteiger partial charge on any atom is 0.273 e. The Hall–Kier alpha value is -4.20. The Bertz CT molecular complexity index is 1170. The molecule has 8 nitrogen and oxygen atoms in total. The molecule has 0 bridgehead atoms. The van der Waals surface area contributed by atoms with Crippen LogP contribution in [0.4, 0.5) is 11.4 Å². The Labute approximate surface area is 177 Å². The Morgan fingerprint density at radius 2 is 1.48 bits per heavy atom. The Morgan fingerprint density at radius 1 is 0.871 bits per heavy atom. The van der Waals surface area contributed by atoms with Gasteiger partial charge in [-0.25, -0.2) is 0 Å². The Balaban J connectivity index is 1.90. The van der Waals surface area contributed by atoms with Crippen molar-refractivity contribution in [3.8, 4) is 11.5 Å². The number of nitrogens with zero attached hydrogens (tertiary/aromatic N) is 1. The first-order valence-electron chi connectivity index (χ1n) is 9.36. The minimum absolute atomic E-state index is 0.138. The number of anilines is 1. The summed E-state index contributed by atoms with van der Waals surface area (Å²) in [5.41, 5.74) is -0.626. The first-order chi connectivity index (χ1) is 14.9. The first kappa shape index (κ1) is 20.1. The molecule has 0 aromatic heterocycles. The number of nitrogens with one attached hydrogen (secondary N) is 1. The Morgan fingerprint density at radius 3 is 2.00 bits per heavy atom. The first-order valence-corrected chi connectivity index (χ1v) is 9.36. The molecule has 1 N–H and O–H groups in total.